The highest BCUT2D eigenvalue weighted by atomic mass is 16.5. The molecule has 2 saturated carbocycles. The third-order valence-electron chi connectivity index (χ3n) is 5.19. The molecular weight excluding hydrogens is 198 g/mol. The lowest BCUT2D eigenvalue weighted by Gasteiger charge is -2.29. The van der Waals surface area contributed by atoms with Gasteiger partial charge in [-0.25, -0.2) is 0 Å². The van der Waals surface area contributed by atoms with Crippen LogP contribution in [0, 0.1) is 23.7 Å². The van der Waals surface area contributed by atoms with Crippen LogP contribution in [0.3, 0.4) is 0 Å². The predicted molar refractivity (Wildman–Crippen MR) is 65.3 cm³/mol. The summed E-state index contributed by atoms with van der Waals surface area (Å²) >= 11 is 0. The zero-order chi connectivity index (χ0) is 11.0. The molecule has 1 heterocycles. The molecule has 1 N–H and O–H groups in total. The summed E-state index contributed by atoms with van der Waals surface area (Å²) in [7, 11) is 0. The van der Waals surface area contributed by atoms with Crippen LogP contribution in [0.1, 0.15) is 39.0 Å². The molecule has 0 amide bonds. The molecule has 0 aromatic rings. The lowest BCUT2D eigenvalue weighted by molar-refractivity contribution is 0.182. The van der Waals surface area contributed by atoms with Gasteiger partial charge in [0.2, 0.25) is 0 Å². The largest absolute Gasteiger partial charge is 0.381 e. The smallest absolute Gasteiger partial charge is 0.0507 e. The van der Waals surface area contributed by atoms with Crippen LogP contribution in [-0.2, 0) is 4.74 Å². The molecule has 1 aliphatic heterocycles. The van der Waals surface area contributed by atoms with Crippen molar-refractivity contribution in [2.45, 2.75) is 45.1 Å². The van der Waals surface area contributed by atoms with Crippen molar-refractivity contribution in [1.82, 2.24) is 5.32 Å². The van der Waals surface area contributed by atoms with Gasteiger partial charge in [0.1, 0.15) is 0 Å². The van der Waals surface area contributed by atoms with Crippen LogP contribution in [0.5, 0.6) is 0 Å². The Hall–Kier alpha value is -0.0800. The summed E-state index contributed by atoms with van der Waals surface area (Å²) in [6.45, 7) is 5.54. The first-order valence-electron chi connectivity index (χ1n) is 7.14. The average molecular weight is 223 g/mol. The molecule has 5 atom stereocenters. The van der Waals surface area contributed by atoms with Crippen LogP contribution < -0.4 is 5.32 Å². The van der Waals surface area contributed by atoms with Gasteiger partial charge in [-0.3, -0.25) is 0 Å². The quantitative estimate of drug-likeness (QED) is 0.790. The van der Waals surface area contributed by atoms with Crippen molar-refractivity contribution in [1.29, 1.82) is 0 Å². The highest BCUT2D eigenvalue weighted by Gasteiger charge is 2.41. The first kappa shape index (κ1) is 11.0. The van der Waals surface area contributed by atoms with Gasteiger partial charge in [0.25, 0.3) is 0 Å². The molecule has 2 heteroatoms. The third-order valence-corrected chi connectivity index (χ3v) is 5.19. The molecule has 5 unspecified atom stereocenters. The van der Waals surface area contributed by atoms with E-state index in [9.17, 15) is 0 Å². The minimum Gasteiger partial charge on any atom is -0.381 e. The molecule has 2 aliphatic carbocycles. The molecular formula is C14H25NO. The van der Waals surface area contributed by atoms with Gasteiger partial charge in [0.05, 0.1) is 6.61 Å². The highest BCUT2D eigenvalue weighted by molar-refractivity contribution is 4.94. The lowest BCUT2D eigenvalue weighted by atomic mass is 9.84. The second kappa shape index (κ2) is 4.66. The second-order valence-electron chi connectivity index (χ2n) is 6.27. The highest BCUT2D eigenvalue weighted by Crippen LogP contribution is 2.49. The van der Waals surface area contributed by atoms with Gasteiger partial charge in [-0.15, -0.1) is 0 Å². The molecule has 0 aromatic carbocycles. The Bertz CT molecular complexity index is 237. The molecule has 3 aliphatic rings. The topological polar surface area (TPSA) is 21.3 Å². The Kier molecular flexibility index (Phi) is 3.21. The molecule has 0 spiro atoms. The van der Waals surface area contributed by atoms with Gasteiger partial charge in [-0.05, 0) is 56.3 Å². The SMILES string of the molecule is CC(NCC1CCOC1)C1CC2CCC1C2. The van der Waals surface area contributed by atoms with Crippen LogP contribution in [0.2, 0.25) is 0 Å². The van der Waals surface area contributed by atoms with Crippen molar-refractivity contribution in [2.75, 3.05) is 19.8 Å². The molecule has 0 radical (unpaired) electrons. The molecule has 92 valence electrons. The predicted octanol–water partition coefficient (Wildman–Crippen LogP) is 2.44. The third kappa shape index (κ3) is 2.14. The molecule has 3 rings (SSSR count). The zero-order valence-electron chi connectivity index (χ0n) is 10.5. The Labute approximate surface area is 99.1 Å². The van der Waals surface area contributed by atoms with E-state index >= 15 is 0 Å². The Morgan fingerprint density at radius 1 is 1.25 bits per heavy atom. The van der Waals surface area contributed by atoms with Crippen LogP contribution in [0.4, 0.5) is 0 Å². The summed E-state index contributed by atoms with van der Waals surface area (Å²) in [5.74, 6) is 3.88. The van der Waals surface area contributed by atoms with Crippen LogP contribution in [0.15, 0.2) is 0 Å². The molecule has 2 nitrogen and oxygen atoms in total. The van der Waals surface area contributed by atoms with Crippen molar-refractivity contribution in [3.8, 4) is 0 Å². The second-order valence-corrected chi connectivity index (χ2v) is 6.27. The van der Waals surface area contributed by atoms with Gasteiger partial charge in [-0.2, -0.15) is 0 Å². The zero-order valence-corrected chi connectivity index (χ0v) is 10.5. The van der Waals surface area contributed by atoms with Gasteiger partial charge < -0.3 is 10.1 Å². The molecule has 2 bridgehead atoms. The van der Waals surface area contributed by atoms with E-state index in [4.69, 9.17) is 4.74 Å². The first-order chi connectivity index (χ1) is 7.83. The number of hydrogen-bond donors (Lipinski definition) is 1. The summed E-state index contributed by atoms with van der Waals surface area (Å²) in [5.41, 5.74) is 0. The van der Waals surface area contributed by atoms with E-state index in [1.54, 1.807) is 0 Å². The molecule has 3 fully saturated rings. The summed E-state index contributed by atoms with van der Waals surface area (Å²) in [6, 6.07) is 0.732. The normalized spacial score (nSPS) is 44.1. The fraction of sp³-hybridized carbons (Fsp3) is 1.00. The van der Waals surface area contributed by atoms with E-state index in [1.165, 1.54) is 38.6 Å². The van der Waals surface area contributed by atoms with Gasteiger partial charge >= 0.3 is 0 Å². The average Bonchev–Trinajstić information content (AvgIpc) is 3.01. The van der Waals surface area contributed by atoms with Gasteiger partial charge in [0.15, 0.2) is 0 Å². The van der Waals surface area contributed by atoms with Crippen LogP contribution in [0.25, 0.3) is 0 Å². The van der Waals surface area contributed by atoms with Crippen molar-refractivity contribution in [2.24, 2.45) is 23.7 Å². The molecule has 16 heavy (non-hydrogen) atoms. The van der Waals surface area contributed by atoms with E-state index in [1.807, 2.05) is 0 Å². The van der Waals surface area contributed by atoms with Crippen molar-refractivity contribution >= 4 is 0 Å². The Morgan fingerprint density at radius 2 is 2.19 bits per heavy atom. The van der Waals surface area contributed by atoms with Gasteiger partial charge in [0, 0.05) is 19.2 Å². The monoisotopic (exact) mass is 223 g/mol. The number of ether oxygens (including phenoxy) is 1. The molecule has 1 saturated heterocycles. The number of nitrogens with one attached hydrogen (secondary N) is 1. The fourth-order valence-electron chi connectivity index (χ4n) is 4.15. The summed E-state index contributed by atoms with van der Waals surface area (Å²) in [4.78, 5) is 0. The van der Waals surface area contributed by atoms with Crippen molar-refractivity contribution < 1.29 is 4.74 Å². The first-order valence-corrected chi connectivity index (χ1v) is 7.14. The van der Waals surface area contributed by atoms with E-state index < -0.39 is 0 Å². The Morgan fingerprint density at radius 3 is 2.81 bits per heavy atom. The van der Waals surface area contributed by atoms with E-state index in [0.29, 0.717) is 0 Å². The number of hydrogen-bond acceptors (Lipinski definition) is 2. The van der Waals surface area contributed by atoms with Crippen molar-refractivity contribution in [3.05, 3.63) is 0 Å². The maximum atomic E-state index is 5.42. The Balaban J connectivity index is 1.44. The maximum absolute atomic E-state index is 5.42. The minimum absolute atomic E-state index is 0.732. The summed E-state index contributed by atoms with van der Waals surface area (Å²) in [5, 5.41) is 3.77. The van der Waals surface area contributed by atoms with Crippen LogP contribution >= 0.6 is 0 Å². The standard InChI is InChI=1S/C14H25NO/c1-10(15-8-12-4-5-16-9-12)14-7-11-2-3-13(14)6-11/h10-15H,2-9H2,1H3. The van der Waals surface area contributed by atoms with E-state index in [2.05, 4.69) is 12.2 Å². The van der Waals surface area contributed by atoms with E-state index in [0.717, 1.165) is 42.9 Å². The van der Waals surface area contributed by atoms with Crippen LogP contribution in [-0.4, -0.2) is 25.8 Å². The molecule has 0 aromatic heterocycles. The maximum Gasteiger partial charge on any atom is 0.0507 e. The summed E-state index contributed by atoms with van der Waals surface area (Å²) in [6.07, 6.45) is 7.32. The van der Waals surface area contributed by atoms with E-state index in [-0.39, 0.29) is 0 Å². The lowest BCUT2D eigenvalue weighted by Crippen LogP contribution is -2.39. The number of rotatable bonds is 4. The summed E-state index contributed by atoms with van der Waals surface area (Å²) < 4.78 is 5.42. The number of fused-ring (bicyclic) bond motifs is 2. The fourth-order valence-corrected chi connectivity index (χ4v) is 4.15. The minimum atomic E-state index is 0.732. The van der Waals surface area contributed by atoms with Crippen molar-refractivity contribution in [3.63, 3.8) is 0 Å². The van der Waals surface area contributed by atoms with Gasteiger partial charge in [-0.1, -0.05) is 6.42 Å².